The average Bonchev–Trinajstić information content (AvgIpc) is 2.54. The van der Waals surface area contributed by atoms with Crippen LogP contribution in [-0.4, -0.2) is 50.1 Å². The van der Waals surface area contributed by atoms with Crippen LogP contribution in [0.2, 0.25) is 5.02 Å². The molecule has 1 heterocycles. The molecule has 0 atom stereocenters. The van der Waals surface area contributed by atoms with Gasteiger partial charge in [-0.1, -0.05) is 18.5 Å². The van der Waals surface area contributed by atoms with Crippen molar-refractivity contribution in [3.8, 4) is 0 Å². The van der Waals surface area contributed by atoms with E-state index in [4.69, 9.17) is 16.3 Å². The Morgan fingerprint density at radius 1 is 1.24 bits per heavy atom. The van der Waals surface area contributed by atoms with Crippen molar-refractivity contribution >= 4 is 29.2 Å². The number of carbonyl (C=O) groups excluding carboxylic acids is 2. The molecule has 6 heteroatoms. The Morgan fingerprint density at radius 3 is 2.48 bits per heavy atom. The van der Waals surface area contributed by atoms with Crippen molar-refractivity contribution in [3.05, 3.63) is 28.8 Å². The van der Waals surface area contributed by atoms with Crippen molar-refractivity contribution in [1.82, 2.24) is 4.90 Å². The van der Waals surface area contributed by atoms with Gasteiger partial charge in [0.2, 0.25) is 5.91 Å². The number of hydrogen-bond donors (Lipinski definition) is 0. The van der Waals surface area contributed by atoms with Crippen molar-refractivity contribution in [1.29, 1.82) is 0 Å². The molecule has 1 aromatic rings. The van der Waals surface area contributed by atoms with Crippen molar-refractivity contribution in [3.63, 3.8) is 0 Å². The van der Waals surface area contributed by atoms with Crippen molar-refractivity contribution in [2.24, 2.45) is 0 Å². The summed E-state index contributed by atoms with van der Waals surface area (Å²) in [7, 11) is 1.35. The second-order valence-corrected chi connectivity index (χ2v) is 5.29. The van der Waals surface area contributed by atoms with E-state index in [1.165, 1.54) is 7.11 Å². The fourth-order valence-electron chi connectivity index (χ4n) is 2.42. The third-order valence-corrected chi connectivity index (χ3v) is 3.96. The van der Waals surface area contributed by atoms with E-state index in [2.05, 4.69) is 4.90 Å². The number of carbonyl (C=O) groups is 2. The van der Waals surface area contributed by atoms with Gasteiger partial charge in [0.25, 0.3) is 0 Å². The van der Waals surface area contributed by atoms with Gasteiger partial charge in [-0.25, -0.2) is 4.79 Å². The summed E-state index contributed by atoms with van der Waals surface area (Å²) in [6, 6.07) is 5.09. The molecule has 0 saturated carbocycles. The minimum absolute atomic E-state index is 0.170. The molecule has 0 radical (unpaired) electrons. The third-order valence-electron chi connectivity index (χ3n) is 3.64. The molecule has 1 fully saturated rings. The predicted octanol–water partition coefficient (Wildman–Crippen LogP) is 2.19. The Balaban J connectivity index is 2.12. The van der Waals surface area contributed by atoms with Crippen molar-refractivity contribution in [2.75, 3.05) is 38.2 Å². The monoisotopic (exact) mass is 310 g/mol. The zero-order valence-electron chi connectivity index (χ0n) is 12.3. The second kappa shape index (κ2) is 6.80. The molecule has 5 nitrogen and oxygen atoms in total. The smallest absolute Gasteiger partial charge is 0.337 e. The second-order valence-electron chi connectivity index (χ2n) is 4.88. The lowest BCUT2D eigenvalue weighted by Crippen LogP contribution is -2.48. The molecule has 0 aliphatic carbocycles. The molecule has 2 rings (SSSR count). The number of amides is 1. The Hall–Kier alpha value is -1.75. The highest BCUT2D eigenvalue weighted by molar-refractivity contribution is 6.33. The molecule has 114 valence electrons. The van der Waals surface area contributed by atoms with Crippen molar-refractivity contribution < 1.29 is 14.3 Å². The molecule has 0 unspecified atom stereocenters. The van der Waals surface area contributed by atoms with Gasteiger partial charge in [-0.05, 0) is 18.2 Å². The first-order chi connectivity index (χ1) is 10.1. The highest BCUT2D eigenvalue weighted by Crippen LogP contribution is 2.28. The molecule has 0 bridgehead atoms. The standard InChI is InChI=1S/C15H19ClN2O3/c1-3-14(19)18-8-6-17(7-9-18)13-10-11(15(20)21-2)4-5-12(13)16/h4-5,10H,3,6-9H2,1-2H3. The number of halogens is 1. The summed E-state index contributed by atoms with van der Waals surface area (Å²) in [5, 5.41) is 0.595. The predicted molar refractivity (Wildman–Crippen MR) is 81.9 cm³/mol. The van der Waals surface area contributed by atoms with Gasteiger partial charge in [0.05, 0.1) is 23.4 Å². The Morgan fingerprint density at radius 2 is 1.90 bits per heavy atom. The fraction of sp³-hybridized carbons (Fsp3) is 0.467. The van der Waals surface area contributed by atoms with Gasteiger partial charge in [-0.3, -0.25) is 4.79 Å². The Kier molecular flexibility index (Phi) is 5.07. The number of hydrogen-bond acceptors (Lipinski definition) is 4. The van der Waals surface area contributed by atoms with E-state index in [0.29, 0.717) is 43.2 Å². The summed E-state index contributed by atoms with van der Waals surface area (Å²) < 4.78 is 4.73. The number of ether oxygens (including phenoxy) is 1. The zero-order valence-corrected chi connectivity index (χ0v) is 13.0. The maximum absolute atomic E-state index is 11.7. The molecule has 1 amide bonds. The SMILES string of the molecule is CCC(=O)N1CCN(c2cc(C(=O)OC)ccc2Cl)CC1. The van der Waals surface area contributed by atoms with Gasteiger partial charge in [-0.15, -0.1) is 0 Å². The third kappa shape index (κ3) is 3.47. The molecule has 21 heavy (non-hydrogen) atoms. The minimum atomic E-state index is -0.382. The quantitative estimate of drug-likeness (QED) is 0.803. The van der Waals surface area contributed by atoms with E-state index in [1.54, 1.807) is 18.2 Å². The molecule has 1 aromatic carbocycles. The number of anilines is 1. The molecular weight excluding hydrogens is 292 g/mol. The summed E-state index contributed by atoms with van der Waals surface area (Å²) in [6.07, 6.45) is 0.526. The number of esters is 1. The summed E-state index contributed by atoms with van der Waals surface area (Å²) in [6.45, 7) is 4.62. The van der Waals surface area contributed by atoms with Gasteiger partial charge in [0.1, 0.15) is 0 Å². The number of benzene rings is 1. The topological polar surface area (TPSA) is 49.9 Å². The van der Waals surface area contributed by atoms with Crippen LogP contribution in [0.4, 0.5) is 5.69 Å². The first-order valence-electron chi connectivity index (χ1n) is 6.97. The van der Waals surface area contributed by atoms with Gasteiger partial charge in [0.15, 0.2) is 0 Å². The van der Waals surface area contributed by atoms with E-state index in [-0.39, 0.29) is 11.9 Å². The summed E-state index contributed by atoms with van der Waals surface area (Å²) >= 11 is 6.23. The first kappa shape index (κ1) is 15.6. The largest absolute Gasteiger partial charge is 0.465 e. The van der Waals surface area contributed by atoms with E-state index in [0.717, 1.165) is 5.69 Å². The van der Waals surface area contributed by atoms with Crippen molar-refractivity contribution in [2.45, 2.75) is 13.3 Å². The van der Waals surface area contributed by atoms with Gasteiger partial charge < -0.3 is 14.5 Å². The van der Waals surface area contributed by atoms with Crippen LogP contribution in [-0.2, 0) is 9.53 Å². The van der Waals surface area contributed by atoms with Crippen LogP contribution in [0.15, 0.2) is 18.2 Å². The molecule has 1 aliphatic heterocycles. The molecule has 0 aromatic heterocycles. The van der Waals surface area contributed by atoms with E-state index in [1.807, 2.05) is 11.8 Å². The van der Waals surface area contributed by atoms with Gasteiger partial charge in [-0.2, -0.15) is 0 Å². The molecule has 1 aliphatic rings. The maximum atomic E-state index is 11.7. The fourth-order valence-corrected chi connectivity index (χ4v) is 2.66. The number of piperazine rings is 1. The summed E-state index contributed by atoms with van der Waals surface area (Å²) in [5.41, 5.74) is 1.28. The lowest BCUT2D eigenvalue weighted by atomic mass is 10.1. The van der Waals surface area contributed by atoms with Gasteiger partial charge >= 0.3 is 5.97 Å². The molecule has 1 saturated heterocycles. The van der Waals surface area contributed by atoms with Crippen LogP contribution in [0.25, 0.3) is 0 Å². The molecular formula is C15H19ClN2O3. The lowest BCUT2D eigenvalue weighted by Gasteiger charge is -2.36. The summed E-state index contributed by atoms with van der Waals surface area (Å²) in [5.74, 6) is -0.211. The lowest BCUT2D eigenvalue weighted by molar-refractivity contribution is -0.131. The number of methoxy groups -OCH3 is 1. The van der Waals surface area contributed by atoms with E-state index >= 15 is 0 Å². The van der Waals surface area contributed by atoms with E-state index in [9.17, 15) is 9.59 Å². The maximum Gasteiger partial charge on any atom is 0.337 e. The number of nitrogens with zero attached hydrogens (tertiary/aromatic N) is 2. The Labute approximate surface area is 129 Å². The van der Waals surface area contributed by atoms with Crippen LogP contribution in [0.5, 0.6) is 0 Å². The average molecular weight is 311 g/mol. The van der Waals surface area contributed by atoms with Crippen LogP contribution >= 0.6 is 11.6 Å². The number of rotatable bonds is 3. The molecule has 0 spiro atoms. The minimum Gasteiger partial charge on any atom is -0.465 e. The zero-order chi connectivity index (χ0) is 15.4. The highest BCUT2D eigenvalue weighted by Gasteiger charge is 2.22. The van der Waals surface area contributed by atoms with Crippen LogP contribution in [0.3, 0.4) is 0 Å². The molecule has 0 N–H and O–H groups in total. The van der Waals surface area contributed by atoms with Gasteiger partial charge in [0, 0.05) is 32.6 Å². The van der Waals surface area contributed by atoms with Crippen LogP contribution in [0.1, 0.15) is 23.7 Å². The Bertz CT molecular complexity index is 540. The van der Waals surface area contributed by atoms with Crippen LogP contribution < -0.4 is 4.90 Å². The highest BCUT2D eigenvalue weighted by atomic mass is 35.5. The first-order valence-corrected chi connectivity index (χ1v) is 7.35. The normalized spacial score (nSPS) is 15.0. The van der Waals surface area contributed by atoms with E-state index < -0.39 is 0 Å². The van der Waals surface area contributed by atoms with Crippen LogP contribution in [0, 0.1) is 0 Å². The summed E-state index contributed by atoms with van der Waals surface area (Å²) in [4.78, 5) is 27.2.